The highest BCUT2D eigenvalue weighted by Crippen LogP contribution is 2.32. The summed E-state index contributed by atoms with van der Waals surface area (Å²) in [5.74, 6) is 0.640. The van der Waals surface area contributed by atoms with Crippen LogP contribution in [0, 0.1) is 9.49 Å². The van der Waals surface area contributed by atoms with E-state index >= 15 is 0 Å². The minimum Gasteiger partial charge on any atom is -0.465 e. The molecule has 5 heteroatoms. The summed E-state index contributed by atoms with van der Waals surface area (Å²) >= 11 is 2.32. The number of carbonyl (C=O) groups is 1. The molecule has 0 heterocycles. The lowest BCUT2D eigenvalue weighted by Gasteiger charge is -2.43. The predicted octanol–water partition coefficient (Wildman–Crippen LogP) is 5.06. The number of hydrogen-bond donors (Lipinski definition) is 1. The van der Waals surface area contributed by atoms with Gasteiger partial charge in [-0.05, 0) is 99.2 Å². The van der Waals surface area contributed by atoms with Gasteiger partial charge in [0.15, 0.2) is 0 Å². The van der Waals surface area contributed by atoms with E-state index in [9.17, 15) is 9.90 Å². The molecule has 0 aromatic heterocycles. The first kappa shape index (κ1) is 19.3. The zero-order valence-electron chi connectivity index (χ0n) is 15.1. The van der Waals surface area contributed by atoms with Gasteiger partial charge in [0.2, 0.25) is 0 Å². The fourth-order valence-electron chi connectivity index (χ4n) is 3.76. The van der Waals surface area contributed by atoms with Crippen molar-refractivity contribution >= 4 is 34.4 Å². The van der Waals surface area contributed by atoms with Crippen molar-refractivity contribution in [1.29, 1.82) is 0 Å². The summed E-state index contributed by atoms with van der Waals surface area (Å²) in [5, 5.41) is 9.56. The molecule has 1 aliphatic carbocycles. The van der Waals surface area contributed by atoms with Gasteiger partial charge < -0.3 is 14.9 Å². The van der Waals surface area contributed by atoms with Crippen molar-refractivity contribution in [3.63, 3.8) is 0 Å². The molecule has 0 saturated heterocycles. The molecule has 134 valence electrons. The lowest BCUT2D eigenvalue weighted by atomic mass is 9.83. The van der Waals surface area contributed by atoms with Crippen LogP contribution >= 0.6 is 22.6 Å². The van der Waals surface area contributed by atoms with Gasteiger partial charge in [0.05, 0.1) is 0 Å². The van der Waals surface area contributed by atoms with Crippen molar-refractivity contribution in [3.05, 3.63) is 27.8 Å². The maximum atomic E-state index is 11.6. The molecule has 1 N–H and O–H groups in total. The first-order valence-electron chi connectivity index (χ1n) is 8.67. The highest BCUT2D eigenvalue weighted by atomic mass is 127. The predicted molar refractivity (Wildman–Crippen MR) is 108 cm³/mol. The van der Waals surface area contributed by atoms with Crippen LogP contribution in [0.1, 0.15) is 46.5 Å². The lowest BCUT2D eigenvalue weighted by molar-refractivity contribution is 0.0509. The topological polar surface area (TPSA) is 43.8 Å². The van der Waals surface area contributed by atoms with Crippen LogP contribution in [0.3, 0.4) is 0 Å². The van der Waals surface area contributed by atoms with Gasteiger partial charge in [-0.2, -0.15) is 0 Å². The third kappa shape index (κ3) is 5.01. The third-order valence-electron chi connectivity index (χ3n) is 4.91. The number of amides is 1. The van der Waals surface area contributed by atoms with E-state index in [4.69, 9.17) is 0 Å². The average molecular weight is 444 g/mol. The second kappa shape index (κ2) is 7.93. The molecule has 1 aromatic carbocycles. The first-order valence-corrected chi connectivity index (χ1v) is 9.75. The second-order valence-corrected chi connectivity index (χ2v) is 9.10. The summed E-state index contributed by atoms with van der Waals surface area (Å²) in [5.41, 5.74) is 0.917. The highest BCUT2D eigenvalue weighted by Gasteiger charge is 2.35. The SMILES string of the molecule is CN(CC1CCC(N(C(=O)O)C(C)(C)C)CC1)c1ccc(I)cc1. The Labute approximate surface area is 159 Å². The second-order valence-electron chi connectivity index (χ2n) is 7.85. The molecule has 1 saturated carbocycles. The molecule has 24 heavy (non-hydrogen) atoms. The van der Waals surface area contributed by atoms with Gasteiger partial charge in [-0.3, -0.25) is 0 Å². The zero-order valence-corrected chi connectivity index (χ0v) is 17.3. The van der Waals surface area contributed by atoms with Crippen molar-refractivity contribution in [1.82, 2.24) is 4.90 Å². The van der Waals surface area contributed by atoms with Crippen LogP contribution in [-0.2, 0) is 0 Å². The van der Waals surface area contributed by atoms with Gasteiger partial charge in [-0.25, -0.2) is 4.79 Å². The fraction of sp³-hybridized carbons (Fsp3) is 0.632. The Bertz CT molecular complexity index is 545. The van der Waals surface area contributed by atoms with Crippen LogP contribution in [0.2, 0.25) is 0 Å². The van der Waals surface area contributed by atoms with Crippen LogP contribution < -0.4 is 4.90 Å². The van der Waals surface area contributed by atoms with E-state index in [1.807, 2.05) is 20.8 Å². The molecule has 0 bridgehead atoms. The van der Waals surface area contributed by atoms with Crippen molar-refractivity contribution in [2.45, 2.75) is 58.0 Å². The quantitative estimate of drug-likeness (QED) is 0.660. The molecular formula is C19H29IN2O2. The zero-order chi connectivity index (χ0) is 17.9. The number of hydrogen-bond acceptors (Lipinski definition) is 2. The summed E-state index contributed by atoms with van der Waals surface area (Å²) < 4.78 is 1.25. The Morgan fingerprint density at radius 1 is 1.17 bits per heavy atom. The number of benzene rings is 1. The van der Waals surface area contributed by atoms with Gasteiger partial charge in [-0.15, -0.1) is 0 Å². The summed E-state index contributed by atoms with van der Waals surface area (Å²) in [6, 6.07) is 8.76. The smallest absolute Gasteiger partial charge is 0.407 e. The number of carboxylic acid groups (broad SMARTS) is 1. The Morgan fingerprint density at radius 3 is 2.17 bits per heavy atom. The molecular weight excluding hydrogens is 415 g/mol. The maximum Gasteiger partial charge on any atom is 0.407 e. The molecule has 2 rings (SSSR count). The Morgan fingerprint density at radius 2 is 1.71 bits per heavy atom. The minimum atomic E-state index is -0.790. The molecule has 0 aliphatic heterocycles. The van der Waals surface area contributed by atoms with Crippen molar-refractivity contribution < 1.29 is 9.90 Å². The van der Waals surface area contributed by atoms with E-state index < -0.39 is 6.09 Å². The Kier molecular flexibility index (Phi) is 6.39. The maximum absolute atomic E-state index is 11.6. The third-order valence-corrected chi connectivity index (χ3v) is 5.63. The fourth-order valence-corrected chi connectivity index (χ4v) is 4.12. The molecule has 0 radical (unpaired) electrons. The van der Waals surface area contributed by atoms with Gasteiger partial charge >= 0.3 is 6.09 Å². The molecule has 1 aliphatic rings. The lowest BCUT2D eigenvalue weighted by Crippen LogP contribution is -2.52. The van der Waals surface area contributed by atoms with E-state index in [2.05, 4.69) is 58.8 Å². The highest BCUT2D eigenvalue weighted by molar-refractivity contribution is 14.1. The number of rotatable bonds is 4. The van der Waals surface area contributed by atoms with Crippen LogP contribution in [0.25, 0.3) is 0 Å². The van der Waals surface area contributed by atoms with E-state index in [1.165, 1.54) is 9.26 Å². The minimum absolute atomic E-state index is 0.155. The van der Waals surface area contributed by atoms with Crippen LogP contribution in [0.5, 0.6) is 0 Å². The van der Waals surface area contributed by atoms with Crippen molar-refractivity contribution in [2.24, 2.45) is 5.92 Å². The van der Waals surface area contributed by atoms with Gasteiger partial charge in [-0.1, -0.05) is 0 Å². The van der Waals surface area contributed by atoms with Gasteiger partial charge in [0.25, 0.3) is 0 Å². The molecule has 4 nitrogen and oxygen atoms in total. The van der Waals surface area contributed by atoms with E-state index in [0.29, 0.717) is 5.92 Å². The standard InChI is InChI=1S/C19H29IN2O2/c1-19(2,3)22(18(23)24)17-9-5-14(6-10-17)13-21(4)16-11-7-15(20)8-12-16/h7-8,11-12,14,17H,5-6,9-10,13H2,1-4H3,(H,23,24). The van der Waals surface area contributed by atoms with E-state index in [1.54, 1.807) is 4.90 Å². The summed E-state index contributed by atoms with van der Waals surface area (Å²) in [6.45, 7) is 6.99. The van der Waals surface area contributed by atoms with Gasteiger partial charge in [0, 0.05) is 34.4 Å². The Hall–Kier alpha value is -0.980. The molecule has 0 unspecified atom stereocenters. The molecule has 1 aromatic rings. The molecule has 1 fully saturated rings. The van der Waals surface area contributed by atoms with E-state index in [-0.39, 0.29) is 11.6 Å². The molecule has 0 atom stereocenters. The molecule has 0 spiro atoms. The first-order chi connectivity index (χ1) is 11.2. The van der Waals surface area contributed by atoms with Crippen molar-refractivity contribution in [2.75, 3.05) is 18.5 Å². The summed E-state index contributed by atoms with van der Waals surface area (Å²) in [4.78, 5) is 15.6. The largest absolute Gasteiger partial charge is 0.465 e. The van der Waals surface area contributed by atoms with Gasteiger partial charge in [0.1, 0.15) is 0 Å². The average Bonchev–Trinajstić information content (AvgIpc) is 2.48. The van der Waals surface area contributed by atoms with Crippen LogP contribution in [-0.4, -0.2) is 41.3 Å². The number of anilines is 1. The number of halogens is 1. The molecule has 1 amide bonds. The van der Waals surface area contributed by atoms with Crippen LogP contribution in [0.4, 0.5) is 10.5 Å². The van der Waals surface area contributed by atoms with Crippen LogP contribution in [0.15, 0.2) is 24.3 Å². The van der Waals surface area contributed by atoms with Crippen molar-refractivity contribution in [3.8, 4) is 0 Å². The number of nitrogens with zero attached hydrogens (tertiary/aromatic N) is 2. The Balaban J connectivity index is 1.90. The summed E-state index contributed by atoms with van der Waals surface area (Å²) in [6.07, 6.45) is 3.34. The normalized spacial score (nSPS) is 21.4. The monoisotopic (exact) mass is 444 g/mol. The van der Waals surface area contributed by atoms with E-state index in [0.717, 1.165) is 32.2 Å². The summed E-state index contributed by atoms with van der Waals surface area (Å²) in [7, 11) is 2.15.